The van der Waals surface area contributed by atoms with Gasteiger partial charge in [-0.2, -0.15) is 0 Å². The van der Waals surface area contributed by atoms with Gasteiger partial charge in [0.05, 0.1) is 10.8 Å². The lowest BCUT2D eigenvalue weighted by atomic mass is 9.84. The third-order valence-electron chi connectivity index (χ3n) is 4.94. The molecule has 0 unspecified atom stereocenters. The zero-order valence-electron chi connectivity index (χ0n) is 12.9. The van der Waals surface area contributed by atoms with E-state index in [0.717, 1.165) is 50.1 Å². The number of thiazole rings is 1. The van der Waals surface area contributed by atoms with Crippen LogP contribution in [-0.2, 0) is 10.8 Å². The predicted octanol–water partition coefficient (Wildman–Crippen LogP) is 2.68. The van der Waals surface area contributed by atoms with Gasteiger partial charge in [-0.25, -0.2) is 9.78 Å². The zero-order valence-corrected chi connectivity index (χ0v) is 14.5. The molecule has 1 N–H and O–H groups in total. The molecular weight excluding hydrogens is 318 g/mol. The molecule has 7 heteroatoms. The van der Waals surface area contributed by atoms with Crippen molar-refractivity contribution in [3.05, 3.63) is 16.6 Å². The Morgan fingerprint density at radius 2 is 2.32 bits per heavy atom. The van der Waals surface area contributed by atoms with Crippen molar-refractivity contribution in [2.45, 2.75) is 49.3 Å². The number of piperidine rings is 1. The second kappa shape index (κ2) is 6.66. The Kier molecular flexibility index (Phi) is 4.82. The molecule has 0 radical (unpaired) electrons. The summed E-state index contributed by atoms with van der Waals surface area (Å²) in [5.41, 5.74) is 0. The highest BCUT2D eigenvalue weighted by molar-refractivity contribution is 7.85. The fraction of sp³-hybridized carbons (Fsp3) is 0.733. The minimum atomic E-state index is -0.885. The zero-order chi connectivity index (χ0) is 15.6. The highest BCUT2D eigenvalue weighted by Crippen LogP contribution is 2.37. The second-order valence-corrected chi connectivity index (χ2v) is 8.93. The molecule has 5 nitrogen and oxygen atoms in total. The Balaban J connectivity index is 1.64. The van der Waals surface area contributed by atoms with Gasteiger partial charge in [-0.05, 0) is 32.1 Å². The molecule has 122 valence electrons. The summed E-state index contributed by atoms with van der Waals surface area (Å²) in [5.74, 6) is 0. The van der Waals surface area contributed by atoms with Crippen molar-refractivity contribution in [2.24, 2.45) is 0 Å². The van der Waals surface area contributed by atoms with Crippen molar-refractivity contribution in [1.82, 2.24) is 15.2 Å². The van der Waals surface area contributed by atoms with E-state index in [1.54, 1.807) is 23.8 Å². The van der Waals surface area contributed by atoms with Crippen LogP contribution in [0.1, 0.15) is 49.6 Å². The maximum Gasteiger partial charge on any atom is 0.318 e. The van der Waals surface area contributed by atoms with Crippen LogP contribution in [0.2, 0.25) is 0 Å². The number of nitrogens with zero attached hydrogens (tertiary/aromatic N) is 2. The fourth-order valence-electron chi connectivity index (χ4n) is 3.31. The number of carbonyl (C=O) groups excluding carboxylic acids is 1. The third-order valence-corrected chi connectivity index (χ3v) is 7.59. The third kappa shape index (κ3) is 3.06. The first-order valence-corrected chi connectivity index (χ1v) is 10.3. The SMILES string of the molecule is C[S@@](=O)C1(CNC(=O)N2CCCC[C@H]2c2nccs2)CCC1. The van der Waals surface area contributed by atoms with Crippen LogP contribution < -0.4 is 5.32 Å². The molecule has 1 aliphatic heterocycles. The Hall–Kier alpha value is -0.950. The van der Waals surface area contributed by atoms with E-state index < -0.39 is 10.8 Å². The molecule has 2 amide bonds. The van der Waals surface area contributed by atoms with Crippen LogP contribution in [-0.4, -0.2) is 44.2 Å². The smallest absolute Gasteiger partial charge is 0.318 e. The molecule has 3 rings (SSSR count). The summed E-state index contributed by atoms with van der Waals surface area (Å²) >= 11 is 1.61. The molecule has 0 aromatic carbocycles. The minimum Gasteiger partial charge on any atom is -0.336 e. The fourth-order valence-corrected chi connectivity index (χ4v) is 5.23. The lowest BCUT2D eigenvalue weighted by molar-refractivity contribution is 0.149. The van der Waals surface area contributed by atoms with Crippen molar-refractivity contribution in [3.8, 4) is 0 Å². The molecule has 1 aliphatic carbocycles. The topological polar surface area (TPSA) is 62.3 Å². The quantitative estimate of drug-likeness (QED) is 0.916. The van der Waals surface area contributed by atoms with Crippen molar-refractivity contribution >= 4 is 28.2 Å². The summed E-state index contributed by atoms with van der Waals surface area (Å²) in [6.07, 6.45) is 9.72. The molecule has 0 spiro atoms. The second-order valence-electron chi connectivity index (χ2n) is 6.22. The normalized spacial score (nSPS) is 25.3. The Morgan fingerprint density at radius 3 is 2.91 bits per heavy atom. The largest absolute Gasteiger partial charge is 0.336 e. The average Bonchev–Trinajstić information content (AvgIpc) is 2.99. The first kappa shape index (κ1) is 15.9. The van der Waals surface area contributed by atoms with Crippen LogP contribution in [0.5, 0.6) is 0 Å². The van der Waals surface area contributed by atoms with Crippen molar-refractivity contribution in [2.75, 3.05) is 19.3 Å². The summed E-state index contributed by atoms with van der Waals surface area (Å²) in [6, 6.07) is 0.0647. The van der Waals surface area contributed by atoms with E-state index >= 15 is 0 Å². The maximum absolute atomic E-state index is 12.6. The number of hydrogen-bond acceptors (Lipinski definition) is 4. The summed E-state index contributed by atoms with van der Waals surface area (Å²) in [4.78, 5) is 18.9. The number of amides is 2. The van der Waals surface area contributed by atoms with E-state index in [-0.39, 0.29) is 16.8 Å². The van der Waals surface area contributed by atoms with E-state index in [9.17, 15) is 9.00 Å². The highest BCUT2D eigenvalue weighted by atomic mass is 32.2. The van der Waals surface area contributed by atoms with Gasteiger partial charge in [0.25, 0.3) is 0 Å². The Labute approximate surface area is 138 Å². The van der Waals surface area contributed by atoms with Gasteiger partial charge in [0.15, 0.2) is 0 Å². The Morgan fingerprint density at radius 1 is 1.50 bits per heavy atom. The van der Waals surface area contributed by atoms with Crippen LogP contribution in [0.25, 0.3) is 0 Å². The van der Waals surface area contributed by atoms with Crippen molar-refractivity contribution in [3.63, 3.8) is 0 Å². The molecule has 1 aromatic rings. The van der Waals surface area contributed by atoms with Gasteiger partial charge in [-0.15, -0.1) is 11.3 Å². The van der Waals surface area contributed by atoms with E-state index in [0.29, 0.717) is 6.54 Å². The van der Waals surface area contributed by atoms with Gasteiger partial charge in [-0.1, -0.05) is 6.42 Å². The molecule has 2 atom stereocenters. The van der Waals surface area contributed by atoms with Gasteiger partial charge in [-0.3, -0.25) is 4.21 Å². The maximum atomic E-state index is 12.6. The van der Waals surface area contributed by atoms with Gasteiger partial charge < -0.3 is 10.2 Å². The molecule has 1 saturated heterocycles. The minimum absolute atomic E-state index is 0.0309. The average molecular weight is 342 g/mol. The van der Waals surface area contributed by atoms with Gasteiger partial charge in [0, 0.05) is 41.7 Å². The summed E-state index contributed by atoms with van der Waals surface area (Å²) < 4.78 is 11.7. The Bertz CT molecular complexity index is 543. The highest BCUT2D eigenvalue weighted by Gasteiger charge is 2.41. The molecule has 22 heavy (non-hydrogen) atoms. The van der Waals surface area contributed by atoms with Crippen LogP contribution in [0.4, 0.5) is 4.79 Å². The molecular formula is C15H23N3O2S2. The summed E-state index contributed by atoms with van der Waals surface area (Å²) in [6.45, 7) is 1.30. The van der Waals surface area contributed by atoms with Crippen LogP contribution in [0.3, 0.4) is 0 Å². The predicted molar refractivity (Wildman–Crippen MR) is 89.5 cm³/mol. The summed E-state index contributed by atoms with van der Waals surface area (Å²) in [5, 5.41) is 6.02. The van der Waals surface area contributed by atoms with Crippen LogP contribution >= 0.6 is 11.3 Å². The van der Waals surface area contributed by atoms with Gasteiger partial charge >= 0.3 is 6.03 Å². The molecule has 1 aromatic heterocycles. The summed E-state index contributed by atoms with van der Waals surface area (Å²) in [7, 11) is -0.885. The number of likely N-dealkylation sites (tertiary alicyclic amines) is 1. The molecule has 1 saturated carbocycles. The van der Waals surface area contributed by atoms with E-state index in [4.69, 9.17) is 0 Å². The standard InChI is InChI=1S/C15H23N3O2S2/c1-22(20)15(6-4-7-15)11-17-14(19)18-9-3-2-5-12(18)13-16-8-10-21-13/h8,10,12H,2-7,9,11H2,1H3,(H,17,19)/t12-,22+/m0/s1. The van der Waals surface area contributed by atoms with Crippen molar-refractivity contribution < 1.29 is 9.00 Å². The number of carbonyl (C=O) groups is 1. The van der Waals surface area contributed by atoms with Crippen molar-refractivity contribution in [1.29, 1.82) is 0 Å². The first-order chi connectivity index (χ1) is 10.6. The lowest BCUT2D eigenvalue weighted by Gasteiger charge is -2.41. The molecule has 2 aliphatic rings. The van der Waals surface area contributed by atoms with Gasteiger partial charge in [0.2, 0.25) is 0 Å². The number of rotatable bonds is 4. The number of hydrogen-bond donors (Lipinski definition) is 1. The van der Waals surface area contributed by atoms with Crippen LogP contribution in [0, 0.1) is 0 Å². The monoisotopic (exact) mass is 341 g/mol. The first-order valence-electron chi connectivity index (χ1n) is 7.90. The van der Waals surface area contributed by atoms with E-state index in [2.05, 4.69) is 10.3 Å². The molecule has 0 bridgehead atoms. The number of aromatic nitrogens is 1. The van der Waals surface area contributed by atoms with Crippen LogP contribution in [0.15, 0.2) is 11.6 Å². The molecule has 2 fully saturated rings. The van der Waals surface area contributed by atoms with E-state index in [1.807, 2.05) is 10.3 Å². The number of urea groups is 1. The van der Waals surface area contributed by atoms with E-state index in [1.165, 1.54) is 0 Å². The lowest BCUT2D eigenvalue weighted by Crippen LogP contribution is -2.54. The van der Waals surface area contributed by atoms with Gasteiger partial charge in [0.1, 0.15) is 5.01 Å². The number of nitrogens with one attached hydrogen (secondary N) is 1. The molecule has 2 heterocycles.